The van der Waals surface area contributed by atoms with E-state index in [-0.39, 0.29) is 18.0 Å². The van der Waals surface area contributed by atoms with Crippen LogP contribution in [-0.2, 0) is 19.1 Å². The SMILES string of the molecule is C1CCC(NC2CCCCC2)CC1.Cc1ccc(S(=O)(=O)NCCCOP(C)(=O)O)cc1. The summed E-state index contributed by atoms with van der Waals surface area (Å²) in [6, 6.07) is 8.24. The lowest BCUT2D eigenvalue weighted by atomic mass is 9.91. The van der Waals surface area contributed by atoms with Crippen LogP contribution in [0.25, 0.3) is 0 Å². The Morgan fingerprint density at radius 1 is 0.969 bits per heavy atom. The Morgan fingerprint density at radius 3 is 1.94 bits per heavy atom. The number of rotatable bonds is 9. The molecule has 0 saturated heterocycles. The molecule has 9 heteroatoms. The van der Waals surface area contributed by atoms with Gasteiger partial charge in [0.1, 0.15) is 0 Å². The van der Waals surface area contributed by atoms with Gasteiger partial charge in [-0.3, -0.25) is 4.57 Å². The third-order valence-corrected chi connectivity index (χ3v) is 8.10. The molecular weight excluding hydrogens is 447 g/mol. The number of hydrogen-bond acceptors (Lipinski definition) is 5. The molecular formula is C23H41N2O5PS. The molecule has 1 atom stereocenters. The van der Waals surface area contributed by atoms with Crippen LogP contribution in [0.15, 0.2) is 29.2 Å². The van der Waals surface area contributed by atoms with Crippen molar-refractivity contribution in [2.75, 3.05) is 19.8 Å². The Kier molecular flexibility index (Phi) is 11.9. The average molecular weight is 489 g/mol. The zero-order chi connectivity index (χ0) is 23.5. The smallest absolute Gasteiger partial charge is 0.324 e. The van der Waals surface area contributed by atoms with Gasteiger partial charge in [0.05, 0.1) is 11.5 Å². The van der Waals surface area contributed by atoms with Gasteiger partial charge in [-0.15, -0.1) is 0 Å². The van der Waals surface area contributed by atoms with Gasteiger partial charge in [-0.05, 0) is 51.2 Å². The summed E-state index contributed by atoms with van der Waals surface area (Å²) in [6.07, 6.45) is 14.9. The van der Waals surface area contributed by atoms with Gasteiger partial charge in [-0.2, -0.15) is 0 Å². The first kappa shape index (κ1) is 27.5. The molecule has 1 aromatic rings. The minimum Gasteiger partial charge on any atom is -0.324 e. The van der Waals surface area contributed by atoms with Gasteiger partial charge in [-0.25, -0.2) is 13.1 Å². The van der Waals surface area contributed by atoms with Crippen LogP contribution >= 0.6 is 7.60 Å². The van der Waals surface area contributed by atoms with Gasteiger partial charge in [-0.1, -0.05) is 56.2 Å². The number of hydrogen-bond donors (Lipinski definition) is 3. The van der Waals surface area contributed by atoms with E-state index >= 15 is 0 Å². The van der Waals surface area contributed by atoms with Crippen molar-refractivity contribution in [1.82, 2.24) is 10.0 Å². The van der Waals surface area contributed by atoms with E-state index in [4.69, 9.17) is 4.89 Å². The molecule has 2 saturated carbocycles. The molecule has 32 heavy (non-hydrogen) atoms. The van der Waals surface area contributed by atoms with Crippen LogP contribution in [0.1, 0.15) is 76.2 Å². The van der Waals surface area contributed by atoms with Crippen LogP contribution in [0, 0.1) is 6.92 Å². The fourth-order valence-corrected chi connectivity index (χ4v) is 5.73. The molecule has 0 aliphatic heterocycles. The topological polar surface area (TPSA) is 105 Å². The highest BCUT2D eigenvalue weighted by Crippen LogP contribution is 2.36. The predicted octanol–water partition coefficient (Wildman–Crippen LogP) is 4.74. The molecule has 0 spiro atoms. The van der Waals surface area contributed by atoms with Crippen molar-refractivity contribution >= 4 is 17.6 Å². The molecule has 7 nitrogen and oxygen atoms in total. The lowest BCUT2D eigenvalue weighted by molar-refractivity contribution is 0.262. The molecule has 2 aliphatic carbocycles. The van der Waals surface area contributed by atoms with Crippen molar-refractivity contribution < 1.29 is 22.4 Å². The second kappa shape index (κ2) is 13.8. The first-order valence-corrected chi connectivity index (χ1v) is 15.4. The van der Waals surface area contributed by atoms with E-state index in [0.717, 1.165) is 24.3 Å². The zero-order valence-corrected chi connectivity index (χ0v) is 21.3. The maximum absolute atomic E-state index is 11.8. The Balaban J connectivity index is 0.000000242. The molecule has 2 aliphatic rings. The van der Waals surface area contributed by atoms with Crippen molar-refractivity contribution in [2.45, 2.75) is 94.5 Å². The molecule has 3 N–H and O–H groups in total. The highest BCUT2D eigenvalue weighted by atomic mass is 32.2. The normalized spacial score (nSPS) is 20.2. The van der Waals surface area contributed by atoms with E-state index in [2.05, 4.69) is 14.6 Å². The second-order valence-corrected chi connectivity index (χ2v) is 12.7. The lowest BCUT2D eigenvalue weighted by Gasteiger charge is -2.30. The standard InChI is InChI=1S/C12H23N.C11H18NO5PS/c1-3-7-11(8-4-1)13-12-9-5-2-6-10-12;1-10-4-6-11(7-5-10)19(15,16)12-8-3-9-17-18(2,13)14/h11-13H,1-10H2;4-7,12H,3,8-9H2,1-2H3,(H,13,14). The van der Waals surface area contributed by atoms with Crippen LogP contribution in [0.2, 0.25) is 0 Å². The molecule has 0 bridgehead atoms. The van der Waals surface area contributed by atoms with Crippen molar-refractivity contribution in [1.29, 1.82) is 0 Å². The number of benzene rings is 1. The van der Waals surface area contributed by atoms with E-state index in [9.17, 15) is 13.0 Å². The van der Waals surface area contributed by atoms with E-state index in [1.54, 1.807) is 12.1 Å². The first-order valence-electron chi connectivity index (χ1n) is 11.9. The highest BCUT2D eigenvalue weighted by molar-refractivity contribution is 7.89. The van der Waals surface area contributed by atoms with E-state index in [1.807, 2.05) is 6.92 Å². The second-order valence-electron chi connectivity index (χ2n) is 9.04. The van der Waals surface area contributed by atoms with Crippen LogP contribution in [0.3, 0.4) is 0 Å². The quantitative estimate of drug-likeness (QED) is 0.343. The van der Waals surface area contributed by atoms with Crippen LogP contribution < -0.4 is 10.0 Å². The largest absolute Gasteiger partial charge is 0.325 e. The van der Waals surface area contributed by atoms with Gasteiger partial charge < -0.3 is 14.7 Å². The van der Waals surface area contributed by atoms with Gasteiger partial charge in [0.15, 0.2) is 0 Å². The lowest BCUT2D eigenvalue weighted by Crippen LogP contribution is -2.40. The highest BCUT2D eigenvalue weighted by Gasteiger charge is 2.19. The molecule has 0 aromatic heterocycles. The van der Waals surface area contributed by atoms with Gasteiger partial charge in [0.25, 0.3) is 0 Å². The minimum atomic E-state index is -3.53. The molecule has 0 radical (unpaired) electrons. The molecule has 2 fully saturated rings. The summed E-state index contributed by atoms with van der Waals surface area (Å²) in [5.41, 5.74) is 0.981. The summed E-state index contributed by atoms with van der Waals surface area (Å²) in [4.78, 5) is 9.07. The number of aryl methyl sites for hydroxylation is 1. The third-order valence-electron chi connectivity index (χ3n) is 5.96. The molecule has 3 rings (SSSR count). The van der Waals surface area contributed by atoms with Gasteiger partial charge >= 0.3 is 7.60 Å². The van der Waals surface area contributed by atoms with Crippen LogP contribution in [-0.4, -0.2) is 45.2 Å². The van der Waals surface area contributed by atoms with Crippen molar-refractivity contribution in [3.63, 3.8) is 0 Å². The maximum Gasteiger partial charge on any atom is 0.325 e. The Hall–Kier alpha value is -0.760. The van der Waals surface area contributed by atoms with Crippen molar-refractivity contribution in [3.8, 4) is 0 Å². The fourth-order valence-electron chi connectivity index (χ4n) is 4.19. The third kappa shape index (κ3) is 11.4. The first-order chi connectivity index (χ1) is 15.2. The van der Waals surface area contributed by atoms with E-state index < -0.39 is 17.6 Å². The summed E-state index contributed by atoms with van der Waals surface area (Å²) in [7, 11) is -7.02. The summed E-state index contributed by atoms with van der Waals surface area (Å²) in [5, 5.41) is 3.86. The van der Waals surface area contributed by atoms with Crippen molar-refractivity contribution in [2.24, 2.45) is 0 Å². The zero-order valence-electron chi connectivity index (χ0n) is 19.6. The van der Waals surface area contributed by atoms with E-state index in [0.29, 0.717) is 6.42 Å². The van der Waals surface area contributed by atoms with Crippen LogP contribution in [0.4, 0.5) is 0 Å². The van der Waals surface area contributed by atoms with E-state index in [1.165, 1.54) is 76.3 Å². The van der Waals surface area contributed by atoms with Crippen LogP contribution in [0.5, 0.6) is 0 Å². The molecule has 1 aromatic carbocycles. The summed E-state index contributed by atoms with van der Waals surface area (Å²) in [6.45, 7) is 3.14. The predicted molar refractivity (Wildman–Crippen MR) is 130 cm³/mol. The molecule has 184 valence electrons. The molecule has 0 amide bonds. The monoisotopic (exact) mass is 488 g/mol. The number of sulfonamides is 1. The Morgan fingerprint density at radius 2 is 1.47 bits per heavy atom. The summed E-state index contributed by atoms with van der Waals surface area (Å²) in [5.74, 6) is 0. The fraction of sp³-hybridized carbons (Fsp3) is 0.739. The van der Waals surface area contributed by atoms with Gasteiger partial charge in [0.2, 0.25) is 10.0 Å². The molecule has 0 heterocycles. The summed E-state index contributed by atoms with van der Waals surface area (Å²) < 4.78 is 41.6. The average Bonchev–Trinajstić information content (AvgIpc) is 2.75. The Labute approximate surface area is 194 Å². The maximum atomic E-state index is 11.8. The minimum absolute atomic E-state index is 0.0285. The Bertz CT molecular complexity index is 782. The summed E-state index contributed by atoms with van der Waals surface area (Å²) >= 11 is 0. The number of nitrogens with one attached hydrogen (secondary N) is 2. The van der Waals surface area contributed by atoms with Gasteiger partial charge in [0, 0.05) is 25.3 Å². The molecule has 1 unspecified atom stereocenters. The van der Waals surface area contributed by atoms with Crippen molar-refractivity contribution in [3.05, 3.63) is 29.8 Å².